The Bertz CT molecular complexity index is 989. The zero-order valence-corrected chi connectivity index (χ0v) is 16.4. The molecular formula is C19H21FN4O4S. The van der Waals surface area contributed by atoms with Gasteiger partial charge in [0.05, 0.1) is 42.9 Å². The van der Waals surface area contributed by atoms with Gasteiger partial charge in [-0.05, 0) is 29.8 Å². The minimum absolute atomic E-state index is 0.0304. The summed E-state index contributed by atoms with van der Waals surface area (Å²) in [6.07, 6.45) is 2.69. The maximum atomic E-state index is 13.6. The zero-order valence-electron chi connectivity index (χ0n) is 15.6. The molecule has 29 heavy (non-hydrogen) atoms. The molecule has 2 aliphatic rings. The fraction of sp³-hybridized carbons (Fsp3) is 0.368. The van der Waals surface area contributed by atoms with Gasteiger partial charge in [0.2, 0.25) is 10.0 Å². The Morgan fingerprint density at radius 3 is 2.90 bits per heavy atom. The van der Waals surface area contributed by atoms with Crippen molar-refractivity contribution < 1.29 is 22.3 Å². The summed E-state index contributed by atoms with van der Waals surface area (Å²) < 4.78 is 46.3. The molecule has 0 unspecified atom stereocenters. The number of hydrogen-bond acceptors (Lipinski definition) is 5. The van der Waals surface area contributed by atoms with Crippen molar-refractivity contribution in [2.45, 2.75) is 18.7 Å². The largest absolute Gasteiger partial charge is 0.374 e. The number of benzene rings is 1. The van der Waals surface area contributed by atoms with Crippen molar-refractivity contribution in [2.24, 2.45) is 0 Å². The standard InChI is InChI=1S/C19H21FN4O4S/c20-15-4-1-3-14(9-15)11-24-17-12-23(13-18(17)28-7-8-29(24,26)27)19(25)22-16-5-2-6-21-10-16/h1-6,9-10,17-18H,7-8,11-13H2,(H,22,25)/t17-,18+/m1/s1. The summed E-state index contributed by atoms with van der Waals surface area (Å²) in [5, 5.41) is 2.75. The van der Waals surface area contributed by atoms with E-state index in [9.17, 15) is 17.6 Å². The monoisotopic (exact) mass is 420 g/mol. The second kappa shape index (κ2) is 8.05. The lowest BCUT2D eigenvalue weighted by Gasteiger charge is -2.28. The number of fused-ring (bicyclic) bond motifs is 1. The number of ether oxygens (including phenoxy) is 1. The third-order valence-electron chi connectivity index (χ3n) is 5.06. The molecular weight excluding hydrogens is 399 g/mol. The number of amides is 2. The molecule has 0 spiro atoms. The Balaban J connectivity index is 1.54. The normalized spacial score (nSPS) is 24.0. The quantitative estimate of drug-likeness (QED) is 0.816. The molecule has 2 atom stereocenters. The highest BCUT2D eigenvalue weighted by Crippen LogP contribution is 2.27. The molecule has 2 saturated heterocycles. The van der Waals surface area contributed by atoms with Crippen molar-refractivity contribution in [1.82, 2.24) is 14.2 Å². The predicted octanol–water partition coefficient (Wildman–Crippen LogP) is 1.67. The van der Waals surface area contributed by atoms with Crippen molar-refractivity contribution >= 4 is 21.7 Å². The molecule has 154 valence electrons. The van der Waals surface area contributed by atoms with E-state index in [1.165, 1.54) is 27.5 Å². The number of carbonyl (C=O) groups is 1. The van der Waals surface area contributed by atoms with E-state index in [1.807, 2.05) is 0 Å². The van der Waals surface area contributed by atoms with Crippen LogP contribution in [0.5, 0.6) is 0 Å². The van der Waals surface area contributed by atoms with Crippen molar-refractivity contribution in [2.75, 3.05) is 30.8 Å². The Morgan fingerprint density at radius 1 is 1.28 bits per heavy atom. The van der Waals surface area contributed by atoms with Gasteiger partial charge in [0.15, 0.2) is 0 Å². The van der Waals surface area contributed by atoms with E-state index in [1.54, 1.807) is 30.5 Å². The van der Waals surface area contributed by atoms with E-state index in [-0.39, 0.29) is 38.0 Å². The third-order valence-corrected chi connectivity index (χ3v) is 6.86. The van der Waals surface area contributed by atoms with Crippen molar-refractivity contribution in [1.29, 1.82) is 0 Å². The average molecular weight is 420 g/mol. The predicted molar refractivity (Wildman–Crippen MR) is 104 cm³/mol. The highest BCUT2D eigenvalue weighted by atomic mass is 32.2. The first-order valence-corrected chi connectivity index (χ1v) is 10.8. The van der Waals surface area contributed by atoms with Crippen LogP contribution in [-0.2, 0) is 21.3 Å². The van der Waals surface area contributed by atoms with Crippen LogP contribution >= 0.6 is 0 Å². The second-order valence-electron chi connectivity index (χ2n) is 7.04. The first kappa shape index (κ1) is 19.7. The van der Waals surface area contributed by atoms with E-state index < -0.39 is 28.0 Å². The van der Waals surface area contributed by atoms with Gasteiger partial charge in [0.1, 0.15) is 5.82 Å². The molecule has 1 aromatic carbocycles. The summed E-state index contributed by atoms with van der Waals surface area (Å²) in [5.41, 5.74) is 1.10. The maximum Gasteiger partial charge on any atom is 0.322 e. The van der Waals surface area contributed by atoms with Crippen molar-refractivity contribution in [3.8, 4) is 0 Å². The minimum Gasteiger partial charge on any atom is -0.374 e. The van der Waals surface area contributed by atoms with E-state index in [0.717, 1.165) is 0 Å². The number of carbonyl (C=O) groups excluding carboxylic acids is 1. The van der Waals surface area contributed by atoms with Gasteiger partial charge < -0.3 is 15.0 Å². The van der Waals surface area contributed by atoms with Crippen LogP contribution in [0, 0.1) is 5.82 Å². The van der Waals surface area contributed by atoms with E-state index in [2.05, 4.69) is 10.3 Å². The van der Waals surface area contributed by atoms with Gasteiger partial charge in [0, 0.05) is 19.3 Å². The SMILES string of the molecule is O=C(Nc1cccnc1)N1C[C@@H]2OCCS(=O)(=O)N(Cc3cccc(F)c3)[C@@H]2C1. The molecule has 1 N–H and O–H groups in total. The molecule has 10 heteroatoms. The van der Waals surface area contributed by atoms with Crippen LogP contribution in [0.15, 0.2) is 48.8 Å². The number of pyridine rings is 1. The Hall–Kier alpha value is -2.56. The lowest BCUT2D eigenvalue weighted by Crippen LogP contribution is -2.45. The zero-order chi connectivity index (χ0) is 20.4. The van der Waals surface area contributed by atoms with Crippen LogP contribution < -0.4 is 5.32 Å². The number of urea groups is 1. The highest BCUT2D eigenvalue weighted by molar-refractivity contribution is 7.89. The van der Waals surface area contributed by atoms with Gasteiger partial charge in [-0.15, -0.1) is 0 Å². The molecule has 0 saturated carbocycles. The van der Waals surface area contributed by atoms with Crippen LogP contribution in [-0.4, -0.2) is 66.2 Å². The van der Waals surface area contributed by atoms with Gasteiger partial charge in [-0.3, -0.25) is 4.98 Å². The fourth-order valence-electron chi connectivity index (χ4n) is 3.66. The third kappa shape index (κ3) is 4.39. The lowest BCUT2D eigenvalue weighted by atomic mass is 10.1. The van der Waals surface area contributed by atoms with Crippen molar-refractivity contribution in [3.63, 3.8) is 0 Å². The Labute approximate surface area is 168 Å². The number of nitrogens with zero attached hydrogens (tertiary/aromatic N) is 3. The summed E-state index contributed by atoms with van der Waals surface area (Å²) in [6.45, 7) is 0.543. The molecule has 4 rings (SSSR count). The van der Waals surface area contributed by atoms with E-state index in [4.69, 9.17) is 4.74 Å². The summed E-state index contributed by atoms with van der Waals surface area (Å²) in [7, 11) is -3.62. The summed E-state index contributed by atoms with van der Waals surface area (Å²) in [5.74, 6) is -0.566. The first-order chi connectivity index (χ1) is 13.9. The number of nitrogens with one attached hydrogen (secondary N) is 1. The van der Waals surface area contributed by atoms with Crippen LogP contribution in [0.3, 0.4) is 0 Å². The summed E-state index contributed by atoms with van der Waals surface area (Å²) in [6, 6.07) is 8.40. The number of halogens is 1. The molecule has 8 nitrogen and oxygen atoms in total. The van der Waals surface area contributed by atoms with Gasteiger partial charge in [-0.25, -0.2) is 17.6 Å². The fourth-order valence-corrected chi connectivity index (χ4v) is 5.16. The lowest BCUT2D eigenvalue weighted by molar-refractivity contribution is 0.0472. The highest BCUT2D eigenvalue weighted by Gasteiger charge is 2.45. The molecule has 3 heterocycles. The molecule has 1 aromatic heterocycles. The topological polar surface area (TPSA) is 91.8 Å². The molecule has 2 fully saturated rings. The molecule has 2 amide bonds. The van der Waals surface area contributed by atoms with Crippen LogP contribution in [0.25, 0.3) is 0 Å². The van der Waals surface area contributed by atoms with Crippen LogP contribution in [0.1, 0.15) is 5.56 Å². The molecule has 0 aliphatic carbocycles. The molecule has 2 aromatic rings. The number of likely N-dealkylation sites (tertiary alicyclic amines) is 1. The maximum absolute atomic E-state index is 13.6. The van der Waals surface area contributed by atoms with Crippen LogP contribution in [0.4, 0.5) is 14.9 Å². The number of aromatic nitrogens is 1. The van der Waals surface area contributed by atoms with Gasteiger partial charge in [-0.1, -0.05) is 12.1 Å². The van der Waals surface area contributed by atoms with E-state index in [0.29, 0.717) is 11.3 Å². The smallest absolute Gasteiger partial charge is 0.322 e. The number of rotatable bonds is 3. The first-order valence-electron chi connectivity index (χ1n) is 9.24. The molecule has 0 radical (unpaired) electrons. The number of anilines is 1. The minimum atomic E-state index is -3.62. The van der Waals surface area contributed by atoms with Crippen LogP contribution in [0.2, 0.25) is 0 Å². The summed E-state index contributed by atoms with van der Waals surface area (Å²) in [4.78, 5) is 18.1. The molecule has 0 bridgehead atoms. The van der Waals surface area contributed by atoms with Gasteiger partial charge >= 0.3 is 6.03 Å². The van der Waals surface area contributed by atoms with Gasteiger partial charge in [-0.2, -0.15) is 4.31 Å². The Kier molecular flexibility index (Phi) is 5.48. The summed E-state index contributed by atoms with van der Waals surface area (Å²) >= 11 is 0. The second-order valence-corrected chi connectivity index (χ2v) is 9.09. The Morgan fingerprint density at radius 2 is 2.14 bits per heavy atom. The van der Waals surface area contributed by atoms with E-state index >= 15 is 0 Å². The molecule has 2 aliphatic heterocycles. The van der Waals surface area contributed by atoms with Gasteiger partial charge in [0.25, 0.3) is 0 Å². The average Bonchev–Trinajstić information content (AvgIpc) is 3.06. The number of hydrogen-bond donors (Lipinski definition) is 1. The van der Waals surface area contributed by atoms with Crippen molar-refractivity contribution in [3.05, 3.63) is 60.2 Å². The number of sulfonamides is 1.